The fourth-order valence-electron chi connectivity index (χ4n) is 3.63. The van der Waals surface area contributed by atoms with Crippen LogP contribution in [-0.2, 0) is 14.6 Å². The summed E-state index contributed by atoms with van der Waals surface area (Å²) in [4.78, 5) is 32.7. The fraction of sp³-hybridized carbons (Fsp3) is 0.308. The highest BCUT2D eigenvalue weighted by molar-refractivity contribution is 7.91. The number of alkyl halides is 3. The standard InChI is InChI=1S/C26H25ClF3N3O5S/c1-7-39(36,37)19-12-16-9-8-15(13-34)11-17(16)32-22(19)23-20(27)21(31-6)18(10-14(2)26(28,29)30)33(23)24(35)38-25(3,4)5/h8-13H,6-7H2,1-5H3/b14-10+. The molecule has 0 saturated carbocycles. The first kappa shape index (κ1) is 30.0. The molecule has 0 aliphatic rings. The summed E-state index contributed by atoms with van der Waals surface area (Å²) in [5, 5.41) is -0.0130. The summed E-state index contributed by atoms with van der Waals surface area (Å²) >= 11 is 6.59. The number of aliphatic imine (C=N–C) groups is 1. The first-order valence-corrected chi connectivity index (χ1v) is 13.5. The number of hydrogen-bond donors (Lipinski definition) is 0. The van der Waals surface area contributed by atoms with E-state index in [4.69, 9.17) is 16.3 Å². The summed E-state index contributed by atoms with van der Waals surface area (Å²) in [6.45, 7) is 10.2. The van der Waals surface area contributed by atoms with E-state index >= 15 is 0 Å². The van der Waals surface area contributed by atoms with Crippen molar-refractivity contribution >= 4 is 63.2 Å². The number of hydrogen-bond acceptors (Lipinski definition) is 7. The molecular formula is C26H25ClF3N3O5S. The molecular weight excluding hydrogens is 559 g/mol. The van der Waals surface area contributed by atoms with Crippen molar-refractivity contribution in [1.29, 1.82) is 0 Å². The van der Waals surface area contributed by atoms with Crippen molar-refractivity contribution in [2.24, 2.45) is 4.99 Å². The van der Waals surface area contributed by atoms with Crippen LogP contribution in [0.4, 0.5) is 23.7 Å². The third kappa shape index (κ3) is 6.06. The lowest BCUT2D eigenvalue weighted by atomic mass is 10.1. The van der Waals surface area contributed by atoms with Gasteiger partial charge in [-0.25, -0.2) is 22.8 Å². The predicted octanol–water partition coefficient (Wildman–Crippen LogP) is 7.04. The van der Waals surface area contributed by atoms with Gasteiger partial charge in [-0.15, -0.1) is 0 Å². The van der Waals surface area contributed by atoms with Crippen LogP contribution in [0, 0.1) is 0 Å². The number of halogens is 4. The molecule has 0 bridgehead atoms. The van der Waals surface area contributed by atoms with Gasteiger partial charge in [-0.3, -0.25) is 9.79 Å². The van der Waals surface area contributed by atoms with E-state index in [1.165, 1.54) is 31.2 Å². The highest BCUT2D eigenvalue weighted by atomic mass is 35.5. The van der Waals surface area contributed by atoms with Crippen LogP contribution >= 0.6 is 11.6 Å². The normalized spacial score (nSPS) is 13.0. The van der Waals surface area contributed by atoms with Crippen LogP contribution in [0.2, 0.25) is 5.02 Å². The zero-order valence-corrected chi connectivity index (χ0v) is 23.3. The quantitative estimate of drug-likeness (QED) is 0.227. The van der Waals surface area contributed by atoms with Crippen molar-refractivity contribution < 1.29 is 35.9 Å². The number of aromatic nitrogens is 2. The Morgan fingerprint density at radius 2 is 1.87 bits per heavy atom. The maximum Gasteiger partial charge on any atom is 0.419 e. The number of nitrogens with zero attached hydrogens (tertiary/aromatic N) is 3. The number of rotatable bonds is 6. The molecule has 0 aliphatic carbocycles. The van der Waals surface area contributed by atoms with Gasteiger partial charge in [0.25, 0.3) is 0 Å². The molecule has 1 aromatic carbocycles. The van der Waals surface area contributed by atoms with Gasteiger partial charge >= 0.3 is 12.3 Å². The van der Waals surface area contributed by atoms with Gasteiger partial charge in [0.1, 0.15) is 29.0 Å². The highest BCUT2D eigenvalue weighted by Gasteiger charge is 2.35. The lowest BCUT2D eigenvalue weighted by molar-refractivity contribution is -0.0904. The molecule has 0 N–H and O–H groups in total. The lowest BCUT2D eigenvalue weighted by Gasteiger charge is -2.22. The summed E-state index contributed by atoms with van der Waals surface area (Å²) in [5.41, 5.74) is -3.23. The molecule has 0 unspecified atom stereocenters. The van der Waals surface area contributed by atoms with Crippen molar-refractivity contribution in [3.05, 3.63) is 46.1 Å². The second kappa shape index (κ2) is 10.6. The van der Waals surface area contributed by atoms with Crippen LogP contribution in [0.3, 0.4) is 0 Å². The van der Waals surface area contributed by atoms with Gasteiger partial charge in [-0.2, -0.15) is 13.2 Å². The lowest BCUT2D eigenvalue weighted by Crippen LogP contribution is -2.28. The molecule has 3 aromatic rings. The maximum atomic E-state index is 13.5. The average Bonchev–Trinajstić information content (AvgIpc) is 3.11. The van der Waals surface area contributed by atoms with Crippen LogP contribution in [0.5, 0.6) is 0 Å². The van der Waals surface area contributed by atoms with Crippen LogP contribution in [-0.4, -0.2) is 54.6 Å². The van der Waals surface area contributed by atoms with E-state index < -0.39 is 39.0 Å². The van der Waals surface area contributed by atoms with Crippen LogP contribution in [0.25, 0.3) is 28.4 Å². The van der Waals surface area contributed by atoms with Gasteiger partial charge in [0, 0.05) is 16.5 Å². The molecule has 13 heteroatoms. The predicted molar refractivity (Wildman–Crippen MR) is 144 cm³/mol. The molecule has 0 atom stereocenters. The average molecular weight is 584 g/mol. The van der Waals surface area contributed by atoms with Crippen LogP contribution in [0.15, 0.2) is 39.7 Å². The monoisotopic (exact) mass is 583 g/mol. The Kier molecular flexibility index (Phi) is 8.14. The highest BCUT2D eigenvalue weighted by Crippen LogP contribution is 2.45. The zero-order valence-electron chi connectivity index (χ0n) is 21.7. The van der Waals surface area contributed by atoms with Crippen molar-refractivity contribution in [3.63, 3.8) is 0 Å². The van der Waals surface area contributed by atoms with Crippen molar-refractivity contribution in [3.8, 4) is 11.4 Å². The number of pyridine rings is 1. The van der Waals surface area contributed by atoms with Crippen molar-refractivity contribution in [2.75, 3.05) is 5.75 Å². The minimum absolute atomic E-state index is 0.175. The molecule has 0 aliphatic heterocycles. The van der Waals surface area contributed by atoms with E-state index in [1.54, 1.807) is 20.8 Å². The Labute approximate surface area is 228 Å². The van der Waals surface area contributed by atoms with E-state index in [1.807, 2.05) is 0 Å². The molecule has 0 radical (unpaired) electrons. The van der Waals surface area contributed by atoms with E-state index in [0.29, 0.717) is 22.3 Å². The number of aldehydes is 1. The number of sulfone groups is 1. The second-order valence-electron chi connectivity index (χ2n) is 9.50. The smallest absolute Gasteiger partial charge is 0.419 e. The summed E-state index contributed by atoms with van der Waals surface area (Å²) < 4.78 is 73.1. The van der Waals surface area contributed by atoms with Crippen LogP contribution in [0.1, 0.15) is 50.7 Å². The topological polar surface area (TPSA) is 108 Å². The van der Waals surface area contributed by atoms with Gasteiger partial charge in [0.05, 0.1) is 26.9 Å². The largest absolute Gasteiger partial charge is 0.443 e. The SMILES string of the molecule is C=Nc1c(Cl)c(-c2nc3cc(C=O)ccc3cc2S(=O)(=O)CC)n(C(=O)OC(C)(C)C)c1/C=C(\C)C(F)(F)F. The van der Waals surface area contributed by atoms with Gasteiger partial charge in [-0.1, -0.05) is 30.7 Å². The minimum atomic E-state index is -4.77. The van der Waals surface area contributed by atoms with Crippen LogP contribution < -0.4 is 0 Å². The number of allylic oxidation sites excluding steroid dienone is 1. The molecule has 2 heterocycles. The molecule has 3 rings (SSSR count). The molecule has 0 spiro atoms. The molecule has 0 fully saturated rings. The van der Waals surface area contributed by atoms with Gasteiger partial charge < -0.3 is 4.74 Å². The maximum absolute atomic E-state index is 13.5. The number of carbonyl (C=O) groups excluding carboxylic acids is 2. The Balaban J connectivity index is 2.60. The molecule has 208 valence electrons. The third-order valence-corrected chi connectivity index (χ3v) is 7.64. The van der Waals surface area contributed by atoms with Crippen molar-refractivity contribution in [2.45, 2.75) is 51.3 Å². The summed E-state index contributed by atoms with van der Waals surface area (Å²) in [7, 11) is -4.03. The van der Waals surface area contributed by atoms with Gasteiger partial charge in [0.15, 0.2) is 9.84 Å². The molecule has 8 nitrogen and oxygen atoms in total. The second-order valence-corrected chi connectivity index (χ2v) is 12.1. The first-order valence-electron chi connectivity index (χ1n) is 11.5. The summed E-state index contributed by atoms with van der Waals surface area (Å²) in [6.07, 6.45) is -4.71. The fourth-order valence-corrected chi connectivity index (χ4v) is 5.01. The zero-order chi connectivity index (χ0) is 29.5. The number of fused-ring (bicyclic) bond motifs is 1. The van der Waals surface area contributed by atoms with Crippen molar-refractivity contribution in [1.82, 2.24) is 9.55 Å². The molecule has 39 heavy (non-hydrogen) atoms. The summed E-state index contributed by atoms with van der Waals surface area (Å²) in [6, 6.07) is 5.66. The minimum Gasteiger partial charge on any atom is -0.443 e. The number of benzene rings is 1. The Morgan fingerprint density at radius 3 is 2.38 bits per heavy atom. The van der Waals surface area contributed by atoms with E-state index in [0.717, 1.165) is 6.92 Å². The summed E-state index contributed by atoms with van der Waals surface area (Å²) in [5.74, 6) is -0.364. The van der Waals surface area contributed by atoms with Gasteiger partial charge in [0.2, 0.25) is 0 Å². The molecule has 0 amide bonds. The Morgan fingerprint density at radius 1 is 1.23 bits per heavy atom. The Bertz CT molecular complexity index is 1640. The van der Waals surface area contributed by atoms with E-state index in [-0.39, 0.29) is 43.8 Å². The molecule has 0 saturated heterocycles. The first-order chi connectivity index (χ1) is 17.9. The van der Waals surface area contributed by atoms with E-state index in [2.05, 4.69) is 16.7 Å². The molecule has 2 aromatic heterocycles. The number of carbonyl (C=O) groups is 2. The van der Waals surface area contributed by atoms with E-state index in [9.17, 15) is 31.2 Å². The van der Waals surface area contributed by atoms with Gasteiger partial charge in [-0.05, 0) is 52.6 Å². The third-order valence-electron chi connectivity index (χ3n) is 5.54. The number of ether oxygens (including phenoxy) is 1. The Hall–Kier alpha value is -3.51.